The summed E-state index contributed by atoms with van der Waals surface area (Å²) in [5, 5.41) is 3.25. The molecule has 4 nitrogen and oxygen atoms in total. The quantitative estimate of drug-likeness (QED) is 0.835. The van der Waals surface area contributed by atoms with Gasteiger partial charge >= 0.3 is 0 Å². The van der Waals surface area contributed by atoms with Crippen LogP contribution in [0.15, 0.2) is 18.5 Å². The number of amides is 1. The topological polar surface area (TPSA) is 45.2 Å². The number of aryl methyl sites for hydroxylation is 1. The number of pyridine rings is 1. The van der Waals surface area contributed by atoms with Crippen LogP contribution in [0.1, 0.15) is 28.8 Å². The lowest BCUT2D eigenvalue weighted by atomic mass is 10.0. The van der Waals surface area contributed by atoms with Gasteiger partial charge in [-0.05, 0) is 38.4 Å². The maximum absolute atomic E-state index is 12.3. The molecule has 2 rings (SSSR count). The van der Waals surface area contributed by atoms with Gasteiger partial charge in [0.2, 0.25) is 0 Å². The lowest BCUT2D eigenvalue weighted by Crippen LogP contribution is -2.47. The molecule has 0 bridgehead atoms. The van der Waals surface area contributed by atoms with E-state index in [9.17, 15) is 4.79 Å². The summed E-state index contributed by atoms with van der Waals surface area (Å²) in [7, 11) is 1.95. The van der Waals surface area contributed by atoms with Crippen molar-refractivity contribution < 1.29 is 4.79 Å². The molecule has 1 fully saturated rings. The minimum atomic E-state index is 0.107. The van der Waals surface area contributed by atoms with Crippen LogP contribution in [0.2, 0.25) is 0 Å². The molecule has 1 atom stereocenters. The number of piperidine rings is 1. The highest BCUT2D eigenvalue weighted by Crippen LogP contribution is 2.15. The fourth-order valence-corrected chi connectivity index (χ4v) is 2.26. The first-order valence-electron chi connectivity index (χ1n) is 6.09. The highest BCUT2D eigenvalue weighted by atomic mass is 16.2. The van der Waals surface area contributed by atoms with Crippen molar-refractivity contribution in [3.8, 4) is 0 Å². The number of likely N-dealkylation sites (tertiary alicyclic amines) is 1. The number of hydrogen-bond donors (Lipinski definition) is 1. The predicted octanol–water partition coefficient (Wildman–Crippen LogP) is 1.21. The molecule has 0 saturated carbocycles. The molecule has 4 heteroatoms. The van der Waals surface area contributed by atoms with E-state index in [0.717, 1.165) is 37.1 Å². The molecule has 1 aromatic heterocycles. The molecule has 2 heterocycles. The van der Waals surface area contributed by atoms with Crippen LogP contribution in [0.25, 0.3) is 0 Å². The summed E-state index contributed by atoms with van der Waals surface area (Å²) >= 11 is 0. The van der Waals surface area contributed by atoms with Crippen molar-refractivity contribution in [2.75, 3.05) is 20.1 Å². The van der Waals surface area contributed by atoms with Gasteiger partial charge in [0.15, 0.2) is 0 Å². The highest BCUT2D eigenvalue weighted by molar-refractivity contribution is 5.95. The molecule has 1 aliphatic rings. The van der Waals surface area contributed by atoms with E-state index < -0.39 is 0 Å². The second-order valence-corrected chi connectivity index (χ2v) is 4.57. The van der Waals surface area contributed by atoms with E-state index in [1.807, 2.05) is 24.9 Å². The Bertz CT molecular complexity index is 405. The molecule has 1 amide bonds. The van der Waals surface area contributed by atoms with Crippen LogP contribution >= 0.6 is 0 Å². The monoisotopic (exact) mass is 233 g/mol. The summed E-state index contributed by atoms with van der Waals surface area (Å²) in [6, 6.07) is 2.30. The molecule has 17 heavy (non-hydrogen) atoms. The highest BCUT2D eigenvalue weighted by Gasteiger charge is 2.24. The number of nitrogens with one attached hydrogen (secondary N) is 1. The first kappa shape index (κ1) is 12.0. The van der Waals surface area contributed by atoms with Gasteiger partial charge < -0.3 is 10.2 Å². The molecule has 1 saturated heterocycles. The Kier molecular flexibility index (Phi) is 3.74. The van der Waals surface area contributed by atoms with Crippen LogP contribution in [0.5, 0.6) is 0 Å². The van der Waals surface area contributed by atoms with Gasteiger partial charge in [-0.15, -0.1) is 0 Å². The van der Waals surface area contributed by atoms with Gasteiger partial charge in [-0.3, -0.25) is 9.78 Å². The second kappa shape index (κ2) is 5.27. The van der Waals surface area contributed by atoms with Gasteiger partial charge in [0.05, 0.1) is 5.56 Å². The van der Waals surface area contributed by atoms with Crippen molar-refractivity contribution >= 4 is 5.91 Å². The number of likely N-dealkylation sites (N-methyl/N-ethyl adjacent to an activating group) is 1. The summed E-state index contributed by atoms with van der Waals surface area (Å²) in [6.07, 6.45) is 5.60. The van der Waals surface area contributed by atoms with Gasteiger partial charge in [0.1, 0.15) is 0 Å². The van der Waals surface area contributed by atoms with Crippen molar-refractivity contribution in [1.29, 1.82) is 0 Å². The Hall–Kier alpha value is -1.42. The number of aromatic nitrogens is 1. The summed E-state index contributed by atoms with van der Waals surface area (Å²) < 4.78 is 0. The third-order valence-electron chi connectivity index (χ3n) is 3.39. The summed E-state index contributed by atoms with van der Waals surface area (Å²) in [5.41, 5.74) is 1.72. The van der Waals surface area contributed by atoms with E-state index in [0.29, 0.717) is 6.04 Å². The number of hydrogen-bond acceptors (Lipinski definition) is 3. The Morgan fingerprint density at radius 1 is 1.59 bits per heavy atom. The van der Waals surface area contributed by atoms with E-state index in [1.165, 1.54) is 0 Å². The third kappa shape index (κ3) is 2.64. The number of rotatable bonds is 2. The Morgan fingerprint density at radius 3 is 3.12 bits per heavy atom. The zero-order valence-electron chi connectivity index (χ0n) is 10.4. The maximum atomic E-state index is 12.3. The minimum Gasteiger partial charge on any atom is -0.337 e. The smallest absolute Gasteiger partial charge is 0.255 e. The van der Waals surface area contributed by atoms with Crippen LogP contribution in [0.3, 0.4) is 0 Å². The fourth-order valence-electron chi connectivity index (χ4n) is 2.26. The molecular weight excluding hydrogens is 214 g/mol. The Morgan fingerprint density at radius 2 is 2.41 bits per heavy atom. The summed E-state index contributed by atoms with van der Waals surface area (Å²) in [4.78, 5) is 18.3. The number of carbonyl (C=O) groups is 1. The molecule has 0 aliphatic carbocycles. The molecule has 92 valence electrons. The molecular formula is C13H19N3O. The molecule has 1 N–H and O–H groups in total. The third-order valence-corrected chi connectivity index (χ3v) is 3.39. The Balaban J connectivity index is 2.12. The van der Waals surface area contributed by atoms with Crippen LogP contribution < -0.4 is 5.32 Å². The van der Waals surface area contributed by atoms with Gasteiger partial charge in [0, 0.05) is 31.5 Å². The molecule has 1 unspecified atom stereocenters. The zero-order chi connectivity index (χ0) is 12.3. The lowest BCUT2D eigenvalue weighted by Gasteiger charge is -2.32. The largest absolute Gasteiger partial charge is 0.337 e. The van der Waals surface area contributed by atoms with Crippen molar-refractivity contribution in [2.45, 2.75) is 25.8 Å². The average molecular weight is 233 g/mol. The van der Waals surface area contributed by atoms with Crippen molar-refractivity contribution in [3.63, 3.8) is 0 Å². The van der Waals surface area contributed by atoms with Gasteiger partial charge in [-0.1, -0.05) is 0 Å². The summed E-state index contributed by atoms with van der Waals surface area (Å²) in [6.45, 7) is 3.60. The standard InChI is InChI=1S/C13H19N3O/c1-10-5-6-15-8-12(10)13(17)16-7-3-4-11(9-16)14-2/h5-6,8,11,14H,3-4,7,9H2,1-2H3. The van der Waals surface area contributed by atoms with Gasteiger partial charge in [0.25, 0.3) is 5.91 Å². The first-order valence-corrected chi connectivity index (χ1v) is 6.09. The maximum Gasteiger partial charge on any atom is 0.255 e. The SMILES string of the molecule is CNC1CCCN(C(=O)c2cnccc2C)C1. The average Bonchev–Trinajstić information content (AvgIpc) is 2.38. The van der Waals surface area contributed by atoms with E-state index >= 15 is 0 Å². The molecule has 0 aromatic carbocycles. The van der Waals surface area contributed by atoms with E-state index in [4.69, 9.17) is 0 Å². The van der Waals surface area contributed by atoms with E-state index in [-0.39, 0.29) is 5.91 Å². The molecule has 0 spiro atoms. The zero-order valence-corrected chi connectivity index (χ0v) is 10.4. The number of carbonyl (C=O) groups excluding carboxylic acids is 1. The van der Waals surface area contributed by atoms with Crippen LogP contribution in [-0.4, -0.2) is 42.0 Å². The lowest BCUT2D eigenvalue weighted by molar-refractivity contribution is 0.0697. The van der Waals surface area contributed by atoms with E-state index in [2.05, 4.69) is 10.3 Å². The molecule has 0 radical (unpaired) electrons. The molecule has 1 aliphatic heterocycles. The van der Waals surface area contributed by atoms with Crippen LogP contribution in [-0.2, 0) is 0 Å². The molecule has 1 aromatic rings. The second-order valence-electron chi connectivity index (χ2n) is 4.57. The van der Waals surface area contributed by atoms with Crippen molar-refractivity contribution in [3.05, 3.63) is 29.6 Å². The van der Waals surface area contributed by atoms with E-state index in [1.54, 1.807) is 12.4 Å². The summed E-state index contributed by atoms with van der Waals surface area (Å²) in [5.74, 6) is 0.107. The van der Waals surface area contributed by atoms with Crippen LogP contribution in [0.4, 0.5) is 0 Å². The predicted molar refractivity (Wildman–Crippen MR) is 67.0 cm³/mol. The van der Waals surface area contributed by atoms with Gasteiger partial charge in [-0.2, -0.15) is 0 Å². The Labute approximate surface area is 102 Å². The first-order chi connectivity index (χ1) is 8.22. The number of nitrogens with zero attached hydrogens (tertiary/aromatic N) is 2. The van der Waals surface area contributed by atoms with Gasteiger partial charge in [-0.25, -0.2) is 0 Å². The van der Waals surface area contributed by atoms with Crippen molar-refractivity contribution in [2.24, 2.45) is 0 Å². The fraction of sp³-hybridized carbons (Fsp3) is 0.538. The van der Waals surface area contributed by atoms with Crippen LogP contribution in [0, 0.1) is 6.92 Å². The normalized spacial score (nSPS) is 20.4. The van der Waals surface area contributed by atoms with Crippen molar-refractivity contribution in [1.82, 2.24) is 15.2 Å². The minimum absolute atomic E-state index is 0.107.